The van der Waals surface area contributed by atoms with E-state index in [4.69, 9.17) is 0 Å². The first-order valence-corrected chi connectivity index (χ1v) is 5.25. The first-order chi connectivity index (χ1) is 8.27. The lowest BCUT2D eigenvalue weighted by molar-refractivity contribution is 0.921. The van der Waals surface area contributed by atoms with Gasteiger partial charge in [-0.25, -0.2) is 9.97 Å². The summed E-state index contributed by atoms with van der Waals surface area (Å²) >= 11 is 0. The largest absolute Gasteiger partial charge is 0.324 e. The van der Waals surface area contributed by atoms with Gasteiger partial charge in [0.15, 0.2) is 0 Å². The fraction of sp³-hybridized carbons (Fsp3) is 0.0833. The van der Waals surface area contributed by atoms with Crippen LogP contribution < -0.4 is 5.56 Å². The van der Waals surface area contributed by atoms with Crippen LogP contribution >= 0.6 is 0 Å². The summed E-state index contributed by atoms with van der Waals surface area (Å²) in [6.45, 7) is 1.86. The zero-order valence-electron chi connectivity index (χ0n) is 9.21. The van der Waals surface area contributed by atoms with E-state index in [2.05, 4.69) is 15.0 Å². The Bertz CT molecular complexity index is 741. The molecule has 0 fully saturated rings. The number of aryl methyl sites for hydroxylation is 1. The van der Waals surface area contributed by atoms with E-state index < -0.39 is 0 Å². The molecular weight excluding hydrogens is 216 g/mol. The fourth-order valence-corrected chi connectivity index (χ4v) is 1.92. The Balaban J connectivity index is 2.42. The Morgan fingerprint density at radius 3 is 2.94 bits per heavy atom. The molecule has 0 saturated carbocycles. The van der Waals surface area contributed by atoms with Gasteiger partial charge < -0.3 is 4.98 Å². The number of H-pyrrole nitrogens is 1. The predicted octanol–water partition coefficient (Wildman–Crippen LogP) is 1.42. The molecule has 0 aliphatic carbocycles. The topological polar surface area (TPSA) is 63.6 Å². The highest BCUT2D eigenvalue weighted by Gasteiger charge is 2.11. The second-order valence-electron chi connectivity index (χ2n) is 3.73. The third kappa shape index (κ3) is 1.44. The molecule has 5 heteroatoms. The second-order valence-corrected chi connectivity index (χ2v) is 3.73. The number of rotatable bonds is 1. The number of nitrogens with zero attached hydrogens (tertiary/aromatic N) is 3. The summed E-state index contributed by atoms with van der Waals surface area (Å²) in [5.74, 6) is 1.09. The summed E-state index contributed by atoms with van der Waals surface area (Å²) in [7, 11) is 0. The second kappa shape index (κ2) is 3.55. The summed E-state index contributed by atoms with van der Waals surface area (Å²) in [6, 6.07) is 7.66. The molecule has 0 atom stereocenters. The summed E-state index contributed by atoms with van der Waals surface area (Å²) < 4.78 is 1.76. The molecule has 2 aromatic heterocycles. The average Bonchev–Trinajstić information content (AvgIpc) is 2.66. The van der Waals surface area contributed by atoms with Gasteiger partial charge in [0.2, 0.25) is 5.82 Å². The maximum atomic E-state index is 11.7. The van der Waals surface area contributed by atoms with Crippen molar-refractivity contribution in [2.75, 3.05) is 0 Å². The van der Waals surface area contributed by atoms with Gasteiger partial charge in [0.05, 0.1) is 11.0 Å². The van der Waals surface area contributed by atoms with Crippen LogP contribution in [0.5, 0.6) is 0 Å². The van der Waals surface area contributed by atoms with Crippen molar-refractivity contribution in [1.82, 2.24) is 19.5 Å². The van der Waals surface area contributed by atoms with E-state index in [9.17, 15) is 4.79 Å². The smallest absolute Gasteiger partial charge is 0.291 e. The van der Waals surface area contributed by atoms with Crippen LogP contribution in [0.4, 0.5) is 0 Å². The van der Waals surface area contributed by atoms with E-state index >= 15 is 0 Å². The van der Waals surface area contributed by atoms with Crippen LogP contribution in [0, 0.1) is 6.92 Å². The van der Waals surface area contributed by atoms with Crippen molar-refractivity contribution in [3.63, 3.8) is 0 Å². The van der Waals surface area contributed by atoms with Crippen LogP contribution in [0.15, 0.2) is 41.5 Å². The quantitative estimate of drug-likeness (QED) is 0.682. The third-order valence-corrected chi connectivity index (χ3v) is 2.63. The minimum absolute atomic E-state index is 0.223. The molecule has 0 spiro atoms. The Morgan fingerprint density at radius 2 is 2.12 bits per heavy atom. The Hall–Kier alpha value is -2.43. The van der Waals surface area contributed by atoms with Crippen LogP contribution in [0.25, 0.3) is 16.9 Å². The van der Waals surface area contributed by atoms with Gasteiger partial charge in [-0.3, -0.25) is 9.36 Å². The van der Waals surface area contributed by atoms with E-state index in [0.717, 1.165) is 16.9 Å². The summed E-state index contributed by atoms with van der Waals surface area (Å²) in [4.78, 5) is 22.9. The van der Waals surface area contributed by atoms with E-state index in [1.165, 1.54) is 6.20 Å². The summed E-state index contributed by atoms with van der Waals surface area (Å²) in [6.07, 6.45) is 3.07. The number of benzene rings is 1. The molecule has 17 heavy (non-hydrogen) atoms. The van der Waals surface area contributed by atoms with Crippen LogP contribution in [0.1, 0.15) is 5.82 Å². The number of hydrogen-bond donors (Lipinski definition) is 1. The highest BCUT2D eigenvalue weighted by Crippen LogP contribution is 2.17. The van der Waals surface area contributed by atoms with E-state index in [0.29, 0.717) is 5.82 Å². The average molecular weight is 226 g/mol. The lowest BCUT2D eigenvalue weighted by Crippen LogP contribution is -2.16. The highest BCUT2D eigenvalue weighted by molar-refractivity contribution is 5.77. The van der Waals surface area contributed by atoms with Crippen molar-refractivity contribution in [2.24, 2.45) is 0 Å². The molecule has 0 unspecified atom stereocenters. The van der Waals surface area contributed by atoms with E-state index in [-0.39, 0.29) is 5.56 Å². The molecule has 0 aliphatic heterocycles. The molecule has 0 amide bonds. The lowest BCUT2D eigenvalue weighted by atomic mass is 10.3. The minimum atomic E-state index is -0.223. The number of imidazole rings is 1. The Labute approximate surface area is 96.8 Å². The lowest BCUT2D eigenvalue weighted by Gasteiger charge is -2.03. The van der Waals surface area contributed by atoms with Gasteiger partial charge >= 0.3 is 0 Å². The fourth-order valence-electron chi connectivity index (χ4n) is 1.92. The van der Waals surface area contributed by atoms with Crippen molar-refractivity contribution in [3.8, 4) is 5.82 Å². The molecule has 0 bridgehead atoms. The molecule has 0 saturated heterocycles. The monoisotopic (exact) mass is 226 g/mol. The molecule has 2 heterocycles. The van der Waals surface area contributed by atoms with Crippen molar-refractivity contribution in [1.29, 1.82) is 0 Å². The molecule has 1 N–H and O–H groups in total. The van der Waals surface area contributed by atoms with Crippen LogP contribution in [-0.4, -0.2) is 19.5 Å². The zero-order valence-corrected chi connectivity index (χ0v) is 9.21. The SMILES string of the molecule is Cc1nc2ccccc2n1-c1ncc[nH]c1=O. The molecule has 84 valence electrons. The van der Waals surface area contributed by atoms with Crippen molar-refractivity contribution in [3.05, 3.63) is 52.8 Å². The van der Waals surface area contributed by atoms with Gasteiger partial charge in [-0.2, -0.15) is 0 Å². The normalized spacial score (nSPS) is 10.9. The maximum Gasteiger partial charge on any atom is 0.291 e. The number of para-hydroxylation sites is 2. The van der Waals surface area contributed by atoms with Crippen LogP contribution in [0.3, 0.4) is 0 Å². The van der Waals surface area contributed by atoms with Crippen molar-refractivity contribution >= 4 is 11.0 Å². The number of hydrogen-bond acceptors (Lipinski definition) is 3. The highest BCUT2D eigenvalue weighted by atomic mass is 16.1. The minimum Gasteiger partial charge on any atom is -0.324 e. The standard InChI is InChI=1S/C12H10N4O/c1-8-15-9-4-2-3-5-10(9)16(8)11-12(17)14-7-6-13-11/h2-7H,1H3,(H,14,17). The van der Waals surface area contributed by atoms with Gasteiger partial charge in [-0.1, -0.05) is 12.1 Å². The maximum absolute atomic E-state index is 11.7. The van der Waals surface area contributed by atoms with E-state index in [1.54, 1.807) is 10.8 Å². The predicted molar refractivity (Wildman–Crippen MR) is 64.2 cm³/mol. The van der Waals surface area contributed by atoms with Gasteiger partial charge in [-0.15, -0.1) is 0 Å². The van der Waals surface area contributed by atoms with Gasteiger partial charge in [0.25, 0.3) is 5.56 Å². The number of aromatic amines is 1. The molecule has 3 rings (SSSR count). The first-order valence-electron chi connectivity index (χ1n) is 5.25. The Morgan fingerprint density at radius 1 is 1.29 bits per heavy atom. The number of aromatic nitrogens is 4. The molecule has 0 aliphatic rings. The molecule has 3 aromatic rings. The van der Waals surface area contributed by atoms with Crippen LogP contribution in [-0.2, 0) is 0 Å². The summed E-state index contributed by atoms with van der Waals surface area (Å²) in [5, 5.41) is 0. The Kier molecular flexibility index (Phi) is 2.04. The number of fused-ring (bicyclic) bond motifs is 1. The van der Waals surface area contributed by atoms with Gasteiger partial charge in [-0.05, 0) is 19.1 Å². The molecule has 0 radical (unpaired) electrons. The van der Waals surface area contributed by atoms with Gasteiger partial charge in [0, 0.05) is 12.4 Å². The number of nitrogens with one attached hydrogen (secondary N) is 1. The third-order valence-electron chi connectivity index (χ3n) is 2.63. The van der Waals surface area contributed by atoms with E-state index in [1.807, 2.05) is 31.2 Å². The van der Waals surface area contributed by atoms with Crippen LogP contribution in [0.2, 0.25) is 0 Å². The zero-order chi connectivity index (χ0) is 11.8. The molecule has 5 nitrogen and oxygen atoms in total. The van der Waals surface area contributed by atoms with Crippen molar-refractivity contribution in [2.45, 2.75) is 6.92 Å². The molecular formula is C12H10N4O. The summed E-state index contributed by atoms with van der Waals surface area (Å²) in [5.41, 5.74) is 1.52. The molecule has 1 aromatic carbocycles. The van der Waals surface area contributed by atoms with Gasteiger partial charge in [0.1, 0.15) is 5.82 Å². The van der Waals surface area contributed by atoms with Crippen molar-refractivity contribution < 1.29 is 0 Å². The first kappa shape index (κ1) is 9.77.